The molecule has 1 aliphatic rings. The second-order valence-electron chi connectivity index (χ2n) is 4.18. The average molecular weight is 268 g/mol. The summed E-state index contributed by atoms with van der Waals surface area (Å²) in [5.74, 6) is 0.988. The van der Waals surface area contributed by atoms with Crippen molar-refractivity contribution in [3.05, 3.63) is 28.5 Å². The number of ketones is 1. The average Bonchev–Trinajstić information content (AvgIpc) is 2.16. The molecule has 0 atom stereocenters. The van der Waals surface area contributed by atoms with E-state index in [1.54, 1.807) is 6.20 Å². The van der Waals surface area contributed by atoms with E-state index in [0.717, 1.165) is 16.6 Å². The highest BCUT2D eigenvalue weighted by Crippen LogP contribution is 2.29. The van der Waals surface area contributed by atoms with Gasteiger partial charge in [-0.2, -0.15) is 0 Å². The minimum atomic E-state index is 0.328. The Morgan fingerprint density at radius 2 is 2.27 bits per heavy atom. The molecule has 3 heteroatoms. The second-order valence-corrected chi connectivity index (χ2v) is 5.10. The fraction of sp³-hybridized carbons (Fsp3) is 0.500. The van der Waals surface area contributed by atoms with Crippen molar-refractivity contribution in [1.82, 2.24) is 4.98 Å². The molecule has 1 aromatic heterocycles. The number of carbonyl (C=O) groups excluding carboxylic acids is 1. The van der Waals surface area contributed by atoms with Gasteiger partial charge in [0.15, 0.2) is 0 Å². The molecule has 2 rings (SSSR count). The molecule has 0 N–H and O–H groups in total. The number of aromatic nitrogens is 1. The summed E-state index contributed by atoms with van der Waals surface area (Å²) in [6.45, 7) is 0. The zero-order valence-corrected chi connectivity index (χ0v) is 10.2. The molecule has 0 unspecified atom stereocenters. The van der Waals surface area contributed by atoms with Crippen molar-refractivity contribution in [3.63, 3.8) is 0 Å². The predicted octanol–water partition coefficient (Wildman–Crippen LogP) is 3.15. The first-order valence-corrected chi connectivity index (χ1v) is 6.15. The molecule has 1 fully saturated rings. The van der Waals surface area contributed by atoms with E-state index in [-0.39, 0.29) is 0 Å². The van der Waals surface area contributed by atoms with Crippen LogP contribution in [0.5, 0.6) is 0 Å². The topological polar surface area (TPSA) is 30.0 Å². The van der Waals surface area contributed by atoms with E-state index in [4.69, 9.17) is 0 Å². The van der Waals surface area contributed by atoms with Gasteiger partial charge in [-0.15, -0.1) is 0 Å². The van der Waals surface area contributed by atoms with Gasteiger partial charge < -0.3 is 0 Å². The van der Waals surface area contributed by atoms with Crippen molar-refractivity contribution in [2.75, 3.05) is 0 Å². The molecular weight excluding hydrogens is 254 g/mol. The Bertz CT molecular complexity index is 343. The third-order valence-electron chi connectivity index (χ3n) is 2.91. The van der Waals surface area contributed by atoms with E-state index in [0.29, 0.717) is 18.1 Å². The number of Topliss-reactive ketones (excluding diaryl/α,β-unsaturated/α-hetero) is 1. The van der Waals surface area contributed by atoms with Crippen LogP contribution in [0.2, 0.25) is 0 Å². The normalized spacial score (nSPS) is 16.1. The molecule has 0 aliphatic heterocycles. The third kappa shape index (κ3) is 3.13. The molecule has 15 heavy (non-hydrogen) atoms. The third-order valence-corrected chi connectivity index (χ3v) is 3.38. The first-order valence-electron chi connectivity index (χ1n) is 5.36. The maximum Gasteiger partial charge on any atom is 0.139 e. The van der Waals surface area contributed by atoms with Crippen molar-refractivity contribution in [1.29, 1.82) is 0 Å². The molecule has 2 nitrogen and oxygen atoms in total. The molecule has 0 saturated heterocycles. The molecule has 80 valence electrons. The van der Waals surface area contributed by atoms with Crippen LogP contribution in [-0.4, -0.2) is 10.8 Å². The highest BCUT2D eigenvalue weighted by molar-refractivity contribution is 9.10. The fourth-order valence-electron chi connectivity index (χ4n) is 1.80. The first kappa shape index (κ1) is 10.8. The van der Waals surface area contributed by atoms with Crippen LogP contribution < -0.4 is 0 Å². The lowest BCUT2D eigenvalue weighted by molar-refractivity contribution is -0.119. The standard InChI is InChI=1S/C12H14BrNO/c13-10-4-5-11(14-8-10)7-12(15)6-9-2-1-3-9/h4-5,8-9H,1-3,6-7H2. The molecule has 1 aromatic rings. The quantitative estimate of drug-likeness (QED) is 0.839. The zero-order valence-electron chi connectivity index (χ0n) is 8.58. The van der Waals surface area contributed by atoms with Crippen LogP contribution in [0, 0.1) is 5.92 Å². The van der Waals surface area contributed by atoms with Gasteiger partial charge in [0.25, 0.3) is 0 Å². The maximum atomic E-state index is 11.6. The summed E-state index contributed by atoms with van der Waals surface area (Å²) < 4.78 is 0.956. The minimum Gasteiger partial charge on any atom is -0.299 e. The number of hydrogen-bond acceptors (Lipinski definition) is 2. The monoisotopic (exact) mass is 267 g/mol. The Labute approximate surface area is 98.2 Å². The van der Waals surface area contributed by atoms with Gasteiger partial charge in [-0.3, -0.25) is 9.78 Å². The van der Waals surface area contributed by atoms with Crippen molar-refractivity contribution in [2.45, 2.75) is 32.1 Å². The summed E-state index contributed by atoms with van der Waals surface area (Å²) in [6.07, 6.45) is 6.75. The molecule has 1 heterocycles. The van der Waals surface area contributed by atoms with Gasteiger partial charge >= 0.3 is 0 Å². The van der Waals surface area contributed by atoms with Crippen molar-refractivity contribution in [3.8, 4) is 0 Å². The van der Waals surface area contributed by atoms with Gasteiger partial charge in [-0.25, -0.2) is 0 Å². The van der Waals surface area contributed by atoms with Crippen LogP contribution in [0.15, 0.2) is 22.8 Å². The lowest BCUT2D eigenvalue weighted by Crippen LogP contribution is -2.17. The fourth-order valence-corrected chi connectivity index (χ4v) is 2.04. The molecular formula is C12H14BrNO. The Balaban J connectivity index is 1.84. The van der Waals surface area contributed by atoms with Crippen LogP contribution in [0.4, 0.5) is 0 Å². The molecule has 1 aliphatic carbocycles. The Kier molecular flexibility index (Phi) is 3.52. The Morgan fingerprint density at radius 1 is 1.47 bits per heavy atom. The van der Waals surface area contributed by atoms with Crippen LogP contribution in [0.3, 0.4) is 0 Å². The number of rotatable bonds is 4. The first-order chi connectivity index (χ1) is 7.24. The molecule has 0 radical (unpaired) electrons. The summed E-state index contributed by atoms with van der Waals surface area (Å²) in [5, 5.41) is 0. The van der Waals surface area contributed by atoms with Crippen LogP contribution in [0.1, 0.15) is 31.4 Å². The van der Waals surface area contributed by atoms with Crippen LogP contribution in [0.25, 0.3) is 0 Å². The number of halogens is 1. The van der Waals surface area contributed by atoms with Gasteiger partial charge in [-0.1, -0.05) is 19.3 Å². The Morgan fingerprint density at radius 3 is 2.80 bits per heavy atom. The lowest BCUT2D eigenvalue weighted by Gasteiger charge is -2.24. The largest absolute Gasteiger partial charge is 0.299 e. The molecule has 0 amide bonds. The van der Waals surface area contributed by atoms with Crippen LogP contribution in [-0.2, 0) is 11.2 Å². The van der Waals surface area contributed by atoms with E-state index in [1.807, 2.05) is 12.1 Å². The van der Waals surface area contributed by atoms with Gasteiger partial charge in [0.05, 0.1) is 0 Å². The van der Waals surface area contributed by atoms with Gasteiger partial charge in [0.2, 0.25) is 0 Å². The predicted molar refractivity (Wildman–Crippen MR) is 62.6 cm³/mol. The number of nitrogens with zero attached hydrogens (tertiary/aromatic N) is 1. The zero-order chi connectivity index (χ0) is 10.7. The van der Waals surface area contributed by atoms with Crippen molar-refractivity contribution < 1.29 is 4.79 Å². The summed E-state index contributed by atoms with van der Waals surface area (Å²) in [7, 11) is 0. The van der Waals surface area contributed by atoms with E-state index in [9.17, 15) is 4.79 Å². The van der Waals surface area contributed by atoms with Gasteiger partial charge in [0.1, 0.15) is 5.78 Å². The highest BCUT2D eigenvalue weighted by atomic mass is 79.9. The van der Waals surface area contributed by atoms with Gasteiger partial charge in [0, 0.05) is 29.2 Å². The SMILES string of the molecule is O=C(Cc1ccc(Br)cn1)CC1CCC1. The molecule has 0 spiro atoms. The maximum absolute atomic E-state index is 11.6. The summed E-state index contributed by atoms with van der Waals surface area (Å²) in [4.78, 5) is 15.9. The van der Waals surface area contributed by atoms with E-state index < -0.39 is 0 Å². The molecule has 0 bridgehead atoms. The van der Waals surface area contributed by atoms with Crippen LogP contribution >= 0.6 is 15.9 Å². The molecule has 0 aromatic carbocycles. The number of hydrogen-bond donors (Lipinski definition) is 0. The second kappa shape index (κ2) is 4.88. The smallest absolute Gasteiger partial charge is 0.139 e. The number of carbonyl (C=O) groups is 1. The number of pyridine rings is 1. The van der Waals surface area contributed by atoms with Gasteiger partial charge in [-0.05, 0) is 34.0 Å². The Hall–Kier alpha value is -0.700. The lowest BCUT2D eigenvalue weighted by atomic mass is 9.81. The van der Waals surface area contributed by atoms with Crippen molar-refractivity contribution >= 4 is 21.7 Å². The van der Waals surface area contributed by atoms with E-state index in [2.05, 4.69) is 20.9 Å². The van der Waals surface area contributed by atoms with Crippen molar-refractivity contribution in [2.24, 2.45) is 5.92 Å². The summed E-state index contributed by atoms with van der Waals surface area (Å²) in [5.41, 5.74) is 0.877. The van der Waals surface area contributed by atoms with E-state index >= 15 is 0 Å². The minimum absolute atomic E-state index is 0.328. The highest BCUT2D eigenvalue weighted by Gasteiger charge is 2.20. The summed E-state index contributed by atoms with van der Waals surface area (Å²) in [6, 6.07) is 3.84. The molecule has 1 saturated carbocycles. The summed E-state index contributed by atoms with van der Waals surface area (Å²) >= 11 is 3.32. The van der Waals surface area contributed by atoms with E-state index in [1.165, 1.54) is 19.3 Å².